The Labute approximate surface area is 104 Å². The average Bonchev–Trinajstić information content (AvgIpc) is 2.57. The SMILES string of the molecule is Cc1nn(Cc2ccccc2[N+](=O)[O-])c(C)c1N. The minimum Gasteiger partial charge on any atom is -0.396 e. The number of nitrogens with two attached hydrogens (primary N) is 1. The Kier molecular flexibility index (Phi) is 3.01. The molecule has 1 aromatic heterocycles. The molecule has 94 valence electrons. The first-order valence-corrected chi connectivity index (χ1v) is 5.52. The van der Waals surface area contributed by atoms with Gasteiger partial charge in [-0.15, -0.1) is 0 Å². The summed E-state index contributed by atoms with van der Waals surface area (Å²) >= 11 is 0. The second-order valence-corrected chi connectivity index (χ2v) is 4.13. The second-order valence-electron chi connectivity index (χ2n) is 4.13. The molecule has 18 heavy (non-hydrogen) atoms. The van der Waals surface area contributed by atoms with Gasteiger partial charge in [0.1, 0.15) is 0 Å². The van der Waals surface area contributed by atoms with Gasteiger partial charge in [-0.2, -0.15) is 5.10 Å². The number of hydrogen-bond acceptors (Lipinski definition) is 4. The van der Waals surface area contributed by atoms with Crippen molar-refractivity contribution in [1.82, 2.24) is 9.78 Å². The fraction of sp³-hybridized carbons (Fsp3) is 0.250. The van der Waals surface area contributed by atoms with Crippen LogP contribution in [0.4, 0.5) is 11.4 Å². The van der Waals surface area contributed by atoms with E-state index in [0.717, 1.165) is 11.4 Å². The molecule has 2 rings (SSSR count). The van der Waals surface area contributed by atoms with Gasteiger partial charge in [0.05, 0.1) is 34.1 Å². The standard InChI is InChI=1S/C12H14N4O2/c1-8-12(13)9(2)15(14-8)7-10-5-3-4-6-11(10)16(17)18/h3-6H,7,13H2,1-2H3. The molecule has 0 aliphatic heterocycles. The van der Waals surface area contributed by atoms with Gasteiger partial charge in [-0.05, 0) is 13.8 Å². The van der Waals surface area contributed by atoms with Crippen molar-refractivity contribution in [3.63, 3.8) is 0 Å². The Balaban J connectivity index is 2.40. The summed E-state index contributed by atoms with van der Waals surface area (Å²) in [5.41, 5.74) is 8.76. The van der Waals surface area contributed by atoms with Gasteiger partial charge < -0.3 is 5.73 Å². The molecule has 2 N–H and O–H groups in total. The lowest BCUT2D eigenvalue weighted by molar-refractivity contribution is -0.385. The second kappa shape index (κ2) is 4.48. The highest BCUT2D eigenvalue weighted by Gasteiger charge is 2.15. The van der Waals surface area contributed by atoms with Crippen molar-refractivity contribution in [2.75, 3.05) is 5.73 Å². The molecule has 6 nitrogen and oxygen atoms in total. The van der Waals surface area contributed by atoms with E-state index in [1.54, 1.807) is 22.9 Å². The Bertz CT molecular complexity index is 604. The molecule has 0 fully saturated rings. The van der Waals surface area contributed by atoms with Crippen LogP contribution in [0.5, 0.6) is 0 Å². The van der Waals surface area contributed by atoms with Crippen molar-refractivity contribution in [2.24, 2.45) is 0 Å². The molecule has 1 heterocycles. The van der Waals surface area contributed by atoms with Crippen molar-refractivity contribution in [1.29, 1.82) is 0 Å². The average molecular weight is 246 g/mol. The van der Waals surface area contributed by atoms with Gasteiger partial charge in [0, 0.05) is 6.07 Å². The molecule has 0 saturated carbocycles. The molecule has 0 saturated heterocycles. The van der Waals surface area contributed by atoms with E-state index in [0.29, 0.717) is 17.8 Å². The number of hydrogen-bond donors (Lipinski definition) is 1. The van der Waals surface area contributed by atoms with Gasteiger partial charge in [-0.3, -0.25) is 14.8 Å². The van der Waals surface area contributed by atoms with Crippen molar-refractivity contribution < 1.29 is 4.92 Å². The van der Waals surface area contributed by atoms with Crippen LogP contribution in [0.25, 0.3) is 0 Å². The molecule has 0 unspecified atom stereocenters. The lowest BCUT2D eigenvalue weighted by Gasteiger charge is -2.05. The predicted molar refractivity (Wildman–Crippen MR) is 68.3 cm³/mol. The highest BCUT2D eigenvalue weighted by atomic mass is 16.6. The highest BCUT2D eigenvalue weighted by molar-refractivity contribution is 5.47. The van der Waals surface area contributed by atoms with Gasteiger partial charge in [0.15, 0.2) is 0 Å². The van der Waals surface area contributed by atoms with Gasteiger partial charge in [-0.1, -0.05) is 18.2 Å². The molecular formula is C12H14N4O2. The molecule has 0 spiro atoms. The number of nitrogen functional groups attached to an aromatic ring is 1. The van der Waals surface area contributed by atoms with E-state index in [-0.39, 0.29) is 10.6 Å². The van der Waals surface area contributed by atoms with E-state index in [1.165, 1.54) is 6.07 Å². The fourth-order valence-corrected chi connectivity index (χ4v) is 1.85. The van der Waals surface area contributed by atoms with E-state index in [1.807, 2.05) is 13.8 Å². The smallest absolute Gasteiger partial charge is 0.274 e. The summed E-state index contributed by atoms with van der Waals surface area (Å²) in [5, 5.41) is 15.2. The van der Waals surface area contributed by atoms with Crippen LogP contribution in [-0.4, -0.2) is 14.7 Å². The lowest BCUT2D eigenvalue weighted by Crippen LogP contribution is -2.06. The third-order valence-electron chi connectivity index (χ3n) is 2.95. The first kappa shape index (κ1) is 12.1. The Morgan fingerprint density at radius 2 is 2.06 bits per heavy atom. The van der Waals surface area contributed by atoms with E-state index in [4.69, 9.17) is 5.73 Å². The topological polar surface area (TPSA) is 87.0 Å². The number of anilines is 1. The van der Waals surface area contributed by atoms with Crippen LogP contribution in [0.2, 0.25) is 0 Å². The summed E-state index contributed by atoms with van der Waals surface area (Å²) in [5.74, 6) is 0. The molecule has 0 aliphatic rings. The normalized spacial score (nSPS) is 10.6. The summed E-state index contributed by atoms with van der Waals surface area (Å²) in [7, 11) is 0. The van der Waals surface area contributed by atoms with Gasteiger partial charge in [-0.25, -0.2) is 0 Å². The molecule has 0 radical (unpaired) electrons. The van der Waals surface area contributed by atoms with Crippen LogP contribution in [-0.2, 0) is 6.54 Å². The zero-order valence-electron chi connectivity index (χ0n) is 10.3. The number of benzene rings is 1. The van der Waals surface area contributed by atoms with Gasteiger partial charge >= 0.3 is 0 Å². The summed E-state index contributed by atoms with van der Waals surface area (Å²) in [6.07, 6.45) is 0. The van der Waals surface area contributed by atoms with Crippen molar-refractivity contribution in [3.8, 4) is 0 Å². The number of nitrogens with zero attached hydrogens (tertiary/aromatic N) is 3. The number of nitro benzene ring substituents is 1. The quantitative estimate of drug-likeness (QED) is 0.663. The van der Waals surface area contributed by atoms with Crippen LogP contribution in [0.15, 0.2) is 24.3 Å². The molecule has 2 aromatic rings. The molecule has 0 bridgehead atoms. The Morgan fingerprint density at radius 1 is 1.39 bits per heavy atom. The van der Waals surface area contributed by atoms with Crippen LogP contribution in [0.3, 0.4) is 0 Å². The van der Waals surface area contributed by atoms with Crippen LogP contribution >= 0.6 is 0 Å². The predicted octanol–water partition coefficient (Wildman–Crippen LogP) is 2.04. The maximum atomic E-state index is 10.9. The number of rotatable bonds is 3. The highest BCUT2D eigenvalue weighted by Crippen LogP contribution is 2.21. The maximum absolute atomic E-state index is 10.9. The van der Waals surface area contributed by atoms with Crippen molar-refractivity contribution in [2.45, 2.75) is 20.4 Å². The molecule has 0 amide bonds. The molecule has 1 aromatic carbocycles. The minimum atomic E-state index is -0.385. The number of para-hydroxylation sites is 1. The van der Waals surface area contributed by atoms with Crippen LogP contribution in [0.1, 0.15) is 17.0 Å². The van der Waals surface area contributed by atoms with E-state index >= 15 is 0 Å². The van der Waals surface area contributed by atoms with Crippen LogP contribution < -0.4 is 5.73 Å². The monoisotopic (exact) mass is 246 g/mol. The summed E-state index contributed by atoms with van der Waals surface area (Å²) in [6, 6.07) is 6.64. The summed E-state index contributed by atoms with van der Waals surface area (Å²) < 4.78 is 1.69. The minimum absolute atomic E-state index is 0.101. The third kappa shape index (κ3) is 2.04. The summed E-state index contributed by atoms with van der Waals surface area (Å²) in [6.45, 7) is 4.02. The van der Waals surface area contributed by atoms with E-state index < -0.39 is 0 Å². The van der Waals surface area contributed by atoms with E-state index in [9.17, 15) is 10.1 Å². The molecular weight excluding hydrogens is 232 g/mol. The van der Waals surface area contributed by atoms with Crippen LogP contribution in [0, 0.1) is 24.0 Å². The Morgan fingerprint density at radius 3 is 2.61 bits per heavy atom. The van der Waals surface area contributed by atoms with Crippen molar-refractivity contribution in [3.05, 3.63) is 51.3 Å². The third-order valence-corrected chi connectivity index (χ3v) is 2.95. The van der Waals surface area contributed by atoms with E-state index in [2.05, 4.69) is 5.10 Å². The maximum Gasteiger partial charge on any atom is 0.274 e. The fourth-order valence-electron chi connectivity index (χ4n) is 1.85. The zero-order chi connectivity index (χ0) is 13.3. The van der Waals surface area contributed by atoms with Gasteiger partial charge in [0.25, 0.3) is 5.69 Å². The number of aromatic nitrogens is 2. The number of nitro groups is 1. The zero-order valence-corrected chi connectivity index (χ0v) is 10.3. The first-order valence-electron chi connectivity index (χ1n) is 5.52. The Hall–Kier alpha value is -2.37. The number of aryl methyl sites for hydroxylation is 1. The van der Waals surface area contributed by atoms with Crippen molar-refractivity contribution >= 4 is 11.4 Å². The lowest BCUT2D eigenvalue weighted by atomic mass is 10.2. The molecule has 6 heteroatoms. The molecule has 0 atom stereocenters. The van der Waals surface area contributed by atoms with Gasteiger partial charge in [0.2, 0.25) is 0 Å². The summed E-state index contributed by atoms with van der Waals surface area (Å²) in [4.78, 5) is 10.5. The molecule has 0 aliphatic carbocycles. The first-order chi connectivity index (χ1) is 8.50. The largest absolute Gasteiger partial charge is 0.396 e.